The molecule has 36 heavy (non-hydrogen) atoms. The third-order valence-electron chi connectivity index (χ3n) is 6.72. The molecule has 0 radical (unpaired) electrons. The van der Waals surface area contributed by atoms with Crippen molar-refractivity contribution in [2.75, 3.05) is 19.6 Å². The van der Waals surface area contributed by atoms with Crippen LogP contribution in [0, 0.1) is 0 Å². The highest BCUT2D eigenvalue weighted by atomic mass is 35.5. The van der Waals surface area contributed by atoms with Gasteiger partial charge in [-0.25, -0.2) is 8.42 Å². The van der Waals surface area contributed by atoms with E-state index in [0.717, 1.165) is 28.3 Å². The van der Waals surface area contributed by atoms with E-state index in [4.69, 9.17) is 11.6 Å². The zero-order chi connectivity index (χ0) is 25.0. The van der Waals surface area contributed by atoms with Gasteiger partial charge in [-0.1, -0.05) is 103 Å². The number of piperazine rings is 1. The van der Waals surface area contributed by atoms with Gasteiger partial charge in [0.15, 0.2) is 0 Å². The molecule has 4 nitrogen and oxygen atoms in total. The van der Waals surface area contributed by atoms with Gasteiger partial charge in [0.2, 0.25) is 10.0 Å². The van der Waals surface area contributed by atoms with Crippen LogP contribution in [0.15, 0.2) is 114 Å². The first-order valence-corrected chi connectivity index (χ1v) is 14.0. The molecule has 1 aliphatic heterocycles. The van der Waals surface area contributed by atoms with E-state index in [0.29, 0.717) is 31.0 Å². The summed E-state index contributed by atoms with van der Waals surface area (Å²) < 4.78 is 28.8. The summed E-state index contributed by atoms with van der Waals surface area (Å²) in [5, 5.41) is 0.741. The molecule has 0 unspecified atom stereocenters. The lowest BCUT2D eigenvalue weighted by Crippen LogP contribution is -2.55. The summed E-state index contributed by atoms with van der Waals surface area (Å²) in [6.07, 6.45) is 0.675. The lowest BCUT2D eigenvalue weighted by Gasteiger charge is -2.40. The SMILES string of the molecule is O=S(=O)(c1ccccc1)N1CCN(Cc2ccc(-c3ccccc3Cl)cc2)C[C@H]1Cc1ccccc1. The van der Waals surface area contributed by atoms with Crippen molar-refractivity contribution in [3.8, 4) is 11.1 Å². The van der Waals surface area contributed by atoms with Gasteiger partial charge in [-0.3, -0.25) is 4.90 Å². The zero-order valence-corrected chi connectivity index (χ0v) is 21.6. The fourth-order valence-electron chi connectivity index (χ4n) is 4.89. The van der Waals surface area contributed by atoms with Crippen LogP contribution in [0.25, 0.3) is 11.1 Å². The Hall–Kier alpha value is -2.96. The fourth-order valence-corrected chi connectivity index (χ4v) is 6.76. The standard InChI is InChI=1S/C30H29ClN2O2S/c31-30-14-8-7-13-29(30)26-17-15-25(16-18-26)22-32-19-20-33(36(34,35)28-11-5-2-6-12-28)27(23-32)21-24-9-3-1-4-10-24/h1-18,27H,19-23H2/t27-/m1/s1. The molecule has 0 aromatic heterocycles. The molecule has 0 aliphatic carbocycles. The Morgan fingerprint density at radius 3 is 2.06 bits per heavy atom. The third-order valence-corrected chi connectivity index (χ3v) is 9.02. The van der Waals surface area contributed by atoms with Gasteiger partial charge < -0.3 is 0 Å². The van der Waals surface area contributed by atoms with Gasteiger partial charge in [0.25, 0.3) is 0 Å². The van der Waals surface area contributed by atoms with Crippen LogP contribution in [0.1, 0.15) is 11.1 Å². The van der Waals surface area contributed by atoms with Gasteiger partial charge in [0.1, 0.15) is 0 Å². The second kappa shape index (κ2) is 11.0. The van der Waals surface area contributed by atoms with Crippen LogP contribution in [0.5, 0.6) is 0 Å². The largest absolute Gasteiger partial charge is 0.296 e. The number of sulfonamides is 1. The van der Waals surface area contributed by atoms with E-state index >= 15 is 0 Å². The van der Waals surface area contributed by atoms with Crippen LogP contribution in [-0.4, -0.2) is 43.3 Å². The Balaban J connectivity index is 1.34. The van der Waals surface area contributed by atoms with E-state index in [-0.39, 0.29) is 6.04 Å². The second-order valence-electron chi connectivity index (χ2n) is 9.18. The summed E-state index contributed by atoms with van der Waals surface area (Å²) in [6, 6.07) is 35.1. The van der Waals surface area contributed by atoms with Crippen LogP contribution in [0.3, 0.4) is 0 Å². The van der Waals surface area contributed by atoms with Gasteiger partial charge in [-0.15, -0.1) is 0 Å². The third kappa shape index (κ3) is 5.55. The van der Waals surface area contributed by atoms with Crippen molar-refractivity contribution in [1.82, 2.24) is 9.21 Å². The summed E-state index contributed by atoms with van der Waals surface area (Å²) >= 11 is 6.37. The van der Waals surface area contributed by atoms with Crippen LogP contribution in [0.4, 0.5) is 0 Å². The highest BCUT2D eigenvalue weighted by molar-refractivity contribution is 7.89. The normalized spacial score (nSPS) is 17.2. The Bertz CT molecular complexity index is 1390. The number of benzene rings is 4. The maximum Gasteiger partial charge on any atom is 0.243 e. The molecule has 4 aromatic carbocycles. The topological polar surface area (TPSA) is 40.6 Å². The van der Waals surface area contributed by atoms with Crippen LogP contribution in [-0.2, 0) is 23.0 Å². The zero-order valence-electron chi connectivity index (χ0n) is 20.0. The molecule has 1 heterocycles. The van der Waals surface area contributed by atoms with Gasteiger partial charge in [-0.2, -0.15) is 4.31 Å². The molecule has 0 amide bonds. The molecule has 1 aliphatic rings. The molecule has 0 N–H and O–H groups in total. The first kappa shape index (κ1) is 24.7. The van der Waals surface area contributed by atoms with Crippen molar-refractivity contribution in [3.05, 3.63) is 125 Å². The minimum Gasteiger partial charge on any atom is -0.296 e. The molecule has 184 valence electrons. The smallest absolute Gasteiger partial charge is 0.243 e. The molecule has 1 saturated heterocycles. The molecular weight excluding hydrogens is 488 g/mol. The van der Waals surface area contributed by atoms with Crippen molar-refractivity contribution in [2.24, 2.45) is 0 Å². The highest BCUT2D eigenvalue weighted by Gasteiger charge is 2.36. The predicted molar refractivity (Wildman–Crippen MR) is 146 cm³/mol. The Kier molecular flexibility index (Phi) is 7.54. The molecule has 0 saturated carbocycles. The highest BCUT2D eigenvalue weighted by Crippen LogP contribution is 2.29. The maximum absolute atomic E-state index is 13.5. The number of halogens is 1. The maximum atomic E-state index is 13.5. The molecule has 1 fully saturated rings. The van der Waals surface area contributed by atoms with Crippen molar-refractivity contribution in [3.63, 3.8) is 0 Å². The van der Waals surface area contributed by atoms with Crippen LogP contribution < -0.4 is 0 Å². The van der Waals surface area contributed by atoms with E-state index in [1.807, 2.05) is 48.5 Å². The first-order chi connectivity index (χ1) is 17.5. The van der Waals surface area contributed by atoms with E-state index in [9.17, 15) is 8.42 Å². The van der Waals surface area contributed by atoms with E-state index in [2.05, 4.69) is 41.3 Å². The molecular formula is C30H29ClN2O2S. The second-order valence-corrected chi connectivity index (χ2v) is 11.5. The van der Waals surface area contributed by atoms with Crippen molar-refractivity contribution in [2.45, 2.75) is 23.9 Å². The summed E-state index contributed by atoms with van der Waals surface area (Å²) in [5.74, 6) is 0. The van der Waals surface area contributed by atoms with Crippen molar-refractivity contribution >= 4 is 21.6 Å². The van der Waals surface area contributed by atoms with Crippen LogP contribution >= 0.6 is 11.6 Å². The summed E-state index contributed by atoms with van der Waals surface area (Å²) in [5.41, 5.74) is 4.45. The van der Waals surface area contributed by atoms with E-state index in [1.165, 1.54) is 5.56 Å². The molecule has 4 aromatic rings. The lowest BCUT2D eigenvalue weighted by molar-refractivity contribution is 0.129. The van der Waals surface area contributed by atoms with E-state index in [1.54, 1.807) is 28.6 Å². The van der Waals surface area contributed by atoms with Gasteiger partial charge >= 0.3 is 0 Å². The number of rotatable bonds is 7. The van der Waals surface area contributed by atoms with E-state index < -0.39 is 10.0 Å². The summed E-state index contributed by atoms with van der Waals surface area (Å²) in [6.45, 7) is 2.59. The minimum absolute atomic E-state index is 0.145. The van der Waals surface area contributed by atoms with Gasteiger partial charge in [-0.05, 0) is 41.3 Å². The average molecular weight is 517 g/mol. The minimum atomic E-state index is -3.57. The Morgan fingerprint density at radius 1 is 0.722 bits per heavy atom. The molecule has 5 rings (SSSR count). The van der Waals surface area contributed by atoms with Gasteiger partial charge in [0, 0.05) is 42.8 Å². The lowest BCUT2D eigenvalue weighted by atomic mass is 10.0. The average Bonchev–Trinajstić information content (AvgIpc) is 2.91. The van der Waals surface area contributed by atoms with Crippen LogP contribution in [0.2, 0.25) is 5.02 Å². The number of hydrogen-bond donors (Lipinski definition) is 0. The monoisotopic (exact) mass is 516 g/mol. The van der Waals surface area contributed by atoms with Crippen molar-refractivity contribution in [1.29, 1.82) is 0 Å². The fraction of sp³-hybridized carbons (Fsp3) is 0.200. The molecule has 0 spiro atoms. The number of hydrogen-bond acceptors (Lipinski definition) is 3. The molecule has 0 bridgehead atoms. The Morgan fingerprint density at radius 2 is 1.36 bits per heavy atom. The number of nitrogens with zero attached hydrogens (tertiary/aromatic N) is 2. The van der Waals surface area contributed by atoms with Gasteiger partial charge in [0.05, 0.1) is 4.90 Å². The quantitative estimate of drug-likeness (QED) is 0.297. The summed E-state index contributed by atoms with van der Waals surface area (Å²) in [4.78, 5) is 2.71. The summed E-state index contributed by atoms with van der Waals surface area (Å²) in [7, 11) is -3.57. The molecule has 6 heteroatoms. The molecule has 1 atom stereocenters. The Labute approximate surface area is 218 Å². The predicted octanol–water partition coefficient (Wildman–Crippen LogP) is 6.12. The van der Waals surface area contributed by atoms with Crippen molar-refractivity contribution < 1.29 is 8.42 Å². The first-order valence-electron chi connectivity index (χ1n) is 12.2.